The number of hydrogen-bond acceptors (Lipinski definition) is 3. The molecule has 0 amide bonds. The zero-order valence-corrected chi connectivity index (χ0v) is 9.80. The molecule has 0 bridgehead atoms. The molecule has 1 N–H and O–H groups in total. The monoisotopic (exact) mass is 229 g/mol. The highest BCUT2D eigenvalue weighted by molar-refractivity contribution is 5.56. The summed E-state index contributed by atoms with van der Waals surface area (Å²) in [5.74, 6) is 0.964. The van der Waals surface area contributed by atoms with Crippen LogP contribution in [-0.2, 0) is 19.9 Å². The second kappa shape index (κ2) is 3.96. The maximum Gasteiger partial charge on any atom is 0.140 e. The Labute approximate surface area is 100.0 Å². The van der Waals surface area contributed by atoms with Gasteiger partial charge in [-0.15, -0.1) is 0 Å². The molecule has 0 fully saturated rings. The number of pyridine rings is 1. The molecule has 17 heavy (non-hydrogen) atoms. The fourth-order valence-electron chi connectivity index (χ4n) is 2.43. The predicted molar refractivity (Wildman–Crippen MR) is 64.5 cm³/mol. The Bertz CT molecular complexity index is 533. The average Bonchev–Trinajstić information content (AvgIpc) is 2.68. The molecule has 1 atom stereocenters. The van der Waals surface area contributed by atoms with E-state index in [0.29, 0.717) is 6.42 Å². The Morgan fingerprint density at radius 1 is 1.35 bits per heavy atom. The van der Waals surface area contributed by atoms with Crippen molar-refractivity contribution in [2.24, 2.45) is 7.05 Å². The van der Waals surface area contributed by atoms with Gasteiger partial charge in [-0.3, -0.25) is 4.98 Å². The number of fused-ring (bicyclic) bond motifs is 1. The fraction of sp³-hybridized carbons (Fsp3) is 0.385. The summed E-state index contributed by atoms with van der Waals surface area (Å²) in [6, 6.07) is 3.93. The van der Waals surface area contributed by atoms with E-state index in [1.807, 2.05) is 19.2 Å². The normalized spacial score (nSPS) is 19.1. The molecule has 1 aliphatic carbocycles. The molecule has 0 radical (unpaired) electrons. The molecule has 2 aromatic rings. The van der Waals surface area contributed by atoms with Gasteiger partial charge in [-0.1, -0.05) is 0 Å². The van der Waals surface area contributed by atoms with Gasteiger partial charge in [0.15, 0.2) is 0 Å². The lowest BCUT2D eigenvalue weighted by molar-refractivity contribution is 0.155. The Hall–Kier alpha value is -1.68. The number of nitrogens with zero attached hydrogens (tertiary/aromatic N) is 3. The highest BCUT2D eigenvalue weighted by Gasteiger charge is 2.23. The third kappa shape index (κ3) is 1.74. The lowest BCUT2D eigenvalue weighted by atomic mass is 9.98. The van der Waals surface area contributed by atoms with Gasteiger partial charge in [-0.05, 0) is 25.0 Å². The van der Waals surface area contributed by atoms with Crippen molar-refractivity contribution in [3.63, 3.8) is 0 Å². The van der Waals surface area contributed by atoms with Crippen LogP contribution in [0.3, 0.4) is 0 Å². The number of aliphatic hydroxyl groups is 1. The van der Waals surface area contributed by atoms with E-state index < -0.39 is 0 Å². The van der Waals surface area contributed by atoms with Crippen LogP contribution in [0, 0.1) is 0 Å². The molecule has 1 aliphatic rings. The van der Waals surface area contributed by atoms with Gasteiger partial charge in [0.1, 0.15) is 5.82 Å². The van der Waals surface area contributed by atoms with E-state index in [9.17, 15) is 5.11 Å². The van der Waals surface area contributed by atoms with Crippen molar-refractivity contribution in [1.82, 2.24) is 14.5 Å². The number of aryl methyl sites for hydroxylation is 1. The van der Waals surface area contributed by atoms with Crippen LogP contribution in [0.4, 0.5) is 0 Å². The summed E-state index contributed by atoms with van der Waals surface area (Å²) < 4.78 is 2.09. The molecule has 0 spiro atoms. The van der Waals surface area contributed by atoms with Crippen LogP contribution in [0.15, 0.2) is 24.5 Å². The van der Waals surface area contributed by atoms with Gasteiger partial charge in [0.05, 0.1) is 11.8 Å². The van der Waals surface area contributed by atoms with E-state index in [1.165, 1.54) is 0 Å². The van der Waals surface area contributed by atoms with Crippen LogP contribution in [0.2, 0.25) is 0 Å². The molecule has 0 aliphatic heterocycles. The summed E-state index contributed by atoms with van der Waals surface area (Å²) in [6.45, 7) is 0. The quantitative estimate of drug-likeness (QED) is 0.802. The van der Waals surface area contributed by atoms with E-state index in [-0.39, 0.29) is 6.10 Å². The molecule has 2 heterocycles. The van der Waals surface area contributed by atoms with Crippen molar-refractivity contribution in [2.45, 2.75) is 25.4 Å². The topological polar surface area (TPSA) is 50.9 Å². The third-order valence-corrected chi connectivity index (χ3v) is 3.38. The minimum atomic E-state index is -0.219. The second-order valence-corrected chi connectivity index (χ2v) is 4.52. The molecule has 1 unspecified atom stereocenters. The third-order valence-electron chi connectivity index (χ3n) is 3.38. The standard InChI is InChI=1S/C13H15N3O/c1-16-12-8-10(17)2-3-11(12)15-13(16)9-4-6-14-7-5-9/h4-7,10,17H,2-3,8H2,1H3. The highest BCUT2D eigenvalue weighted by Crippen LogP contribution is 2.26. The zero-order valence-electron chi connectivity index (χ0n) is 9.80. The van der Waals surface area contributed by atoms with E-state index in [0.717, 1.165) is 35.6 Å². The zero-order chi connectivity index (χ0) is 11.8. The Kier molecular flexibility index (Phi) is 2.44. The van der Waals surface area contributed by atoms with Gasteiger partial charge >= 0.3 is 0 Å². The summed E-state index contributed by atoms with van der Waals surface area (Å²) in [5.41, 5.74) is 3.37. The molecular weight excluding hydrogens is 214 g/mol. The van der Waals surface area contributed by atoms with E-state index in [2.05, 4.69) is 14.5 Å². The fourth-order valence-corrected chi connectivity index (χ4v) is 2.43. The van der Waals surface area contributed by atoms with Gasteiger partial charge in [-0.2, -0.15) is 0 Å². The van der Waals surface area contributed by atoms with Crippen molar-refractivity contribution >= 4 is 0 Å². The number of rotatable bonds is 1. The first kappa shape index (κ1) is 10.5. The summed E-state index contributed by atoms with van der Waals surface area (Å²) in [5, 5.41) is 9.71. The van der Waals surface area contributed by atoms with E-state index in [4.69, 9.17) is 0 Å². The molecule has 0 saturated carbocycles. The van der Waals surface area contributed by atoms with Gasteiger partial charge in [0.25, 0.3) is 0 Å². The predicted octanol–water partition coefficient (Wildman–Crippen LogP) is 1.33. The van der Waals surface area contributed by atoms with E-state index >= 15 is 0 Å². The minimum Gasteiger partial charge on any atom is -0.393 e. The number of aromatic nitrogens is 3. The first-order chi connectivity index (χ1) is 8.25. The van der Waals surface area contributed by atoms with Crippen LogP contribution in [0.5, 0.6) is 0 Å². The SMILES string of the molecule is Cn1c(-c2ccncc2)nc2c1CC(O)CC2. The Morgan fingerprint density at radius 2 is 2.12 bits per heavy atom. The first-order valence-corrected chi connectivity index (χ1v) is 5.88. The lowest BCUT2D eigenvalue weighted by Crippen LogP contribution is -2.20. The van der Waals surface area contributed by atoms with Crippen molar-refractivity contribution in [1.29, 1.82) is 0 Å². The lowest BCUT2D eigenvalue weighted by Gasteiger charge is -2.17. The smallest absolute Gasteiger partial charge is 0.140 e. The molecule has 2 aromatic heterocycles. The van der Waals surface area contributed by atoms with Crippen molar-refractivity contribution in [3.8, 4) is 11.4 Å². The summed E-state index contributed by atoms with van der Waals surface area (Å²) in [4.78, 5) is 8.70. The maximum absolute atomic E-state index is 9.71. The number of aliphatic hydroxyl groups excluding tert-OH is 1. The second-order valence-electron chi connectivity index (χ2n) is 4.52. The average molecular weight is 229 g/mol. The molecule has 88 valence electrons. The van der Waals surface area contributed by atoms with Gasteiger partial charge in [-0.25, -0.2) is 4.98 Å². The Morgan fingerprint density at radius 3 is 2.88 bits per heavy atom. The Balaban J connectivity index is 2.08. The number of hydrogen-bond donors (Lipinski definition) is 1. The summed E-state index contributed by atoms with van der Waals surface area (Å²) >= 11 is 0. The minimum absolute atomic E-state index is 0.219. The molecule has 0 aromatic carbocycles. The molecule has 0 saturated heterocycles. The highest BCUT2D eigenvalue weighted by atomic mass is 16.3. The molecule has 3 rings (SSSR count). The van der Waals surface area contributed by atoms with Gasteiger partial charge in [0, 0.05) is 37.1 Å². The van der Waals surface area contributed by atoms with Crippen molar-refractivity contribution < 1.29 is 5.11 Å². The van der Waals surface area contributed by atoms with Gasteiger partial charge < -0.3 is 9.67 Å². The van der Waals surface area contributed by atoms with Crippen LogP contribution in [0.25, 0.3) is 11.4 Å². The maximum atomic E-state index is 9.71. The van der Waals surface area contributed by atoms with E-state index in [1.54, 1.807) is 12.4 Å². The molecule has 4 nitrogen and oxygen atoms in total. The van der Waals surface area contributed by atoms with Gasteiger partial charge in [0.2, 0.25) is 0 Å². The number of imidazole rings is 1. The first-order valence-electron chi connectivity index (χ1n) is 5.88. The van der Waals surface area contributed by atoms with Crippen LogP contribution < -0.4 is 0 Å². The van der Waals surface area contributed by atoms with Crippen LogP contribution >= 0.6 is 0 Å². The molecule has 4 heteroatoms. The van der Waals surface area contributed by atoms with Crippen molar-refractivity contribution in [2.75, 3.05) is 0 Å². The summed E-state index contributed by atoms with van der Waals surface area (Å²) in [6.07, 6.45) is 5.73. The van der Waals surface area contributed by atoms with Crippen molar-refractivity contribution in [3.05, 3.63) is 35.9 Å². The largest absolute Gasteiger partial charge is 0.393 e. The van der Waals surface area contributed by atoms with Crippen LogP contribution in [0.1, 0.15) is 17.8 Å². The molecular formula is C13H15N3O. The summed E-state index contributed by atoms with van der Waals surface area (Å²) in [7, 11) is 2.01. The van der Waals surface area contributed by atoms with Crippen LogP contribution in [-0.4, -0.2) is 25.7 Å².